The summed E-state index contributed by atoms with van der Waals surface area (Å²) in [7, 11) is 8.12. The van der Waals surface area contributed by atoms with Crippen LogP contribution in [0.4, 0.5) is 0 Å². The quantitative estimate of drug-likeness (QED) is 0.237. The molecule has 4 heteroatoms. The van der Waals surface area contributed by atoms with Gasteiger partial charge in [-0.05, 0) is 0 Å². The molecular formula is C22H22Cl2SiZr. The summed E-state index contributed by atoms with van der Waals surface area (Å²) in [6.45, 7) is 9.42. The molecule has 0 amide bonds. The Morgan fingerprint density at radius 1 is 1.00 bits per heavy atom. The molecule has 0 saturated heterocycles. The van der Waals surface area contributed by atoms with E-state index in [-0.39, 0.29) is 0 Å². The van der Waals surface area contributed by atoms with Crippen LogP contribution >= 0.6 is 17.0 Å². The molecule has 4 aromatic carbocycles. The summed E-state index contributed by atoms with van der Waals surface area (Å²) in [5.74, 6) is 0. The fourth-order valence-corrected chi connectivity index (χ4v) is 7.19. The minimum absolute atomic E-state index is 0.826. The molecule has 0 heterocycles. The van der Waals surface area contributed by atoms with Gasteiger partial charge in [-0.3, -0.25) is 0 Å². The Hall–Kier alpha value is -0.660. The van der Waals surface area contributed by atoms with E-state index >= 15 is 0 Å². The summed E-state index contributed by atoms with van der Waals surface area (Å²) < 4.78 is 0. The first-order chi connectivity index (χ1) is 12.4. The van der Waals surface area contributed by atoms with Gasteiger partial charge in [-0.25, -0.2) is 0 Å². The van der Waals surface area contributed by atoms with E-state index < -0.39 is 28.9 Å². The predicted molar refractivity (Wildman–Crippen MR) is 117 cm³/mol. The Morgan fingerprint density at radius 2 is 1.69 bits per heavy atom. The van der Waals surface area contributed by atoms with Gasteiger partial charge in [0.05, 0.1) is 0 Å². The van der Waals surface area contributed by atoms with E-state index in [1.807, 2.05) is 0 Å². The number of hydrogen-bond acceptors (Lipinski definition) is 0. The second-order valence-corrected chi connectivity index (χ2v) is 15.4. The second-order valence-electron chi connectivity index (χ2n) is 7.32. The van der Waals surface area contributed by atoms with Crippen molar-refractivity contribution in [2.75, 3.05) is 0 Å². The van der Waals surface area contributed by atoms with Gasteiger partial charge < -0.3 is 0 Å². The van der Waals surface area contributed by atoms with Crippen LogP contribution in [-0.4, -0.2) is 8.07 Å². The molecule has 0 N–H and O–H groups in total. The number of rotatable bonds is 2. The van der Waals surface area contributed by atoms with Crippen LogP contribution in [0, 0.1) is 13.8 Å². The van der Waals surface area contributed by atoms with Gasteiger partial charge in [0.1, 0.15) is 0 Å². The van der Waals surface area contributed by atoms with Gasteiger partial charge in [0, 0.05) is 8.07 Å². The van der Waals surface area contributed by atoms with Crippen molar-refractivity contribution >= 4 is 57.0 Å². The van der Waals surface area contributed by atoms with Gasteiger partial charge in [0.15, 0.2) is 0 Å². The van der Waals surface area contributed by atoms with Gasteiger partial charge in [-0.2, -0.15) is 11.6 Å². The first-order valence-electron chi connectivity index (χ1n) is 8.68. The fourth-order valence-electron chi connectivity index (χ4n) is 4.03. The van der Waals surface area contributed by atoms with Crippen LogP contribution in [0.25, 0.3) is 21.5 Å². The van der Waals surface area contributed by atoms with Crippen molar-refractivity contribution in [3.8, 4) is 0 Å². The summed E-state index contributed by atoms with van der Waals surface area (Å²) in [5, 5.41) is 8.81. The molecule has 0 nitrogen and oxygen atoms in total. The molecule has 4 rings (SSSR count). The summed E-state index contributed by atoms with van der Waals surface area (Å²) in [6.07, 6.45) is 0. The van der Waals surface area contributed by atoms with E-state index in [2.05, 4.69) is 87.6 Å². The van der Waals surface area contributed by atoms with Crippen molar-refractivity contribution in [2.45, 2.75) is 26.9 Å². The number of fused-ring (bicyclic) bond motifs is 2. The molecule has 0 saturated carbocycles. The van der Waals surface area contributed by atoms with E-state index in [1.165, 1.54) is 32.7 Å². The third kappa shape index (κ3) is 3.67. The maximum absolute atomic E-state index is 4.93. The zero-order valence-corrected chi connectivity index (χ0v) is 20.5. The zero-order valence-electron chi connectivity index (χ0n) is 15.5. The molecule has 132 valence electrons. The van der Waals surface area contributed by atoms with E-state index in [9.17, 15) is 0 Å². The van der Waals surface area contributed by atoms with Crippen molar-refractivity contribution in [2.24, 2.45) is 0 Å². The Balaban J connectivity index is 0.000000613. The van der Waals surface area contributed by atoms with Gasteiger partial charge >= 0.3 is 37.9 Å². The molecule has 0 spiro atoms. The number of halogens is 2. The van der Waals surface area contributed by atoms with Crippen molar-refractivity contribution in [1.29, 1.82) is 0 Å². The van der Waals surface area contributed by atoms with E-state index in [1.54, 1.807) is 10.4 Å². The minimum atomic E-state index is -1.75. The number of aryl methyl sites for hydroxylation is 2. The Kier molecular flexibility index (Phi) is 6.29. The average Bonchev–Trinajstić information content (AvgIpc) is 3.15. The van der Waals surface area contributed by atoms with Crippen molar-refractivity contribution in [1.82, 2.24) is 0 Å². The zero-order chi connectivity index (χ0) is 18.9. The second kappa shape index (κ2) is 8.15. The van der Waals surface area contributed by atoms with Gasteiger partial charge in [0.25, 0.3) is 0 Å². The van der Waals surface area contributed by atoms with Crippen molar-refractivity contribution in [3.63, 3.8) is 0 Å². The van der Waals surface area contributed by atoms with Crippen LogP contribution < -0.4 is 10.4 Å². The summed E-state index contributed by atoms with van der Waals surface area (Å²) in [4.78, 5) is 0. The number of benzene rings is 2. The standard InChI is InChI=1S/C22H22Si.2ClH.Zr/c1-15-12-17-8-7-11-21(20(17)13-15)23(3,4)22-14-16(2)18-9-5-6-10-19(18)22;;;/h5-14H,1-4H3;2*1H;/q-2;;;+4/p-2. The molecule has 0 unspecified atom stereocenters. The third-order valence-corrected chi connectivity index (χ3v) is 8.79. The Bertz CT molecular complexity index is 1040. The van der Waals surface area contributed by atoms with E-state index in [4.69, 9.17) is 17.0 Å². The van der Waals surface area contributed by atoms with Gasteiger partial charge in [-0.15, -0.1) is 79.9 Å². The molecule has 0 radical (unpaired) electrons. The fraction of sp³-hybridized carbons (Fsp3) is 0.182. The predicted octanol–water partition coefficient (Wildman–Crippen LogP) is 6.25. The van der Waals surface area contributed by atoms with Crippen LogP contribution in [0.15, 0.2) is 60.7 Å². The van der Waals surface area contributed by atoms with Gasteiger partial charge in [0.2, 0.25) is 0 Å². The van der Waals surface area contributed by atoms with Crippen molar-refractivity contribution in [3.05, 3.63) is 71.8 Å². The van der Waals surface area contributed by atoms with E-state index in [0.717, 1.165) is 0 Å². The van der Waals surface area contributed by atoms with Crippen LogP contribution in [0.5, 0.6) is 0 Å². The van der Waals surface area contributed by atoms with Crippen LogP contribution in [0.3, 0.4) is 0 Å². The molecule has 0 aliphatic carbocycles. The van der Waals surface area contributed by atoms with Crippen molar-refractivity contribution < 1.29 is 20.8 Å². The molecule has 0 fully saturated rings. The molecule has 0 aliphatic heterocycles. The molecule has 0 aromatic heterocycles. The number of hydrogen-bond donors (Lipinski definition) is 0. The van der Waals surface area contributed by atoms with Crippen LogP contribution in [0.2, 0.25) is 13.1 Å². The van der Waals surface area contributed by atoms with Crippen LogP contribution in [0.1, 0.15) is 11.1 Å². The first-order valence-corrected chi connectivity index (χ1v) is 18.0. The average molecular weight is 477 g/mol. The molecule has 0 atom stereocenters. The summed E-state index contributed by atoms with van der Waals surface area (Å²) in [5.41, 5.74) is 2.77. The van der Waals surface area contributed by atoms with Crippen LogP contribution in [-0.2, 0) is 20.8 Å². The molecule has 26 heavy (non-hydrogen) atoms. The monoisotopic (exact) mass is 474 g/mol. The topological polar surface area (TPSA) is 0 Å². The van der Waals surface area contributed by atoms with E-state index in [0.29, 0.717) is 0 Å². The third-order valence-electron chi connectivity index (χ3n) is 5.24. The Morgan fingerprint density at radius 3 is 2.42 bits per heavy atom. The molecule has 0 aliphatic rings. The molecule has 0 bridgehead atoms. The van der Waals surface area contributed by atoms with Gasteiger partial charge in [-0.1, -0.05) is 39.1 Å². The SMILES string of the molecule is Cc1cc2cccc([Si](C)(C)[c-]3cc(C)c4ccccc43)c2[cH-]1.[Cl][Zr+2][Cl]. The first kappa shape index (κ1) is 20.1. The normalized spacial score (nSPS) is 11.3. The molecular weight excluding hydrogens is 454 g/mol. The maximum atomic E-state index is 4.93. The summed E-state index contributed by atoms with van der Waals surface area (Å²) in [6, 6.07) is 22.8. The molecule has 4 aromatic rings. The summed E-state index contributed by atoms with van der Waals surface area (Å²) >= 11 is -0.826. The Labute approximate surface area is 175 Å².